The van der Waals surface area contributed by atoms with Crippen molar-refractivity contribution in [3.8, 4) is 0 Å². The predicted octanol–water partition coefficient (Wildman–Crippen LogP) is 2.39. The summed E-state index contributed by atoms with van der Waals surface area (Å²) in [7, 11) is 0. The first-order chi connectivity index (χ1) is 5.25. The zero-order valence-electron chi connectivity index (χ0n) is 6.62. The van der Waals surface area contributed by atoms with E-state index in [9.17, 15) is 0 Å². The summed E-state index contributed by atoms with van der Waals surface area (Å²) in [6.45, 7) is 2.07. The first kappa shape index (κ1) is 8.62. The second-order valence-electron chi connectivity index (χ2n) is 2.57. The lowest BCUT2D eigenvalue weighted by Crippen LogP contribution is -2.08. The summed E-state index contributed by atoms with van der Waals surface area (Å²) in [5.41, 5.74) is 6.98. The Morgan fingerprint density at radius 3 is 2.64 bits per heavy atom. The minimum absolute atomic E-state index is 0.128. The Labute approximate surface area is 73.0 Å². The van der Waals surface area contributed by atoms with Gasteiger partial charge in [0.15, 0.2) is 0 Å². The van der Waals surface area contributed by atoms with Gasteiger partial charge in [-0.2, -0.15) is 0 Å². The monoisotopic (exact) mass is 167 g/mol. The van der Waals surface area contributed by atoms with Crippen LogP contribution in [-0.4, -0.2) is 0 Å². The highest BCUT2D eigenvalue weighted by Crippen LogP contribution is 2.20. The van der Waals surface area contributed by atoms with E-state index in [0.29, 0.717) is 0 Å². The lowest BCUT2D eigenvalue weighted by molar-refractivity contribution is 0.686. The van der Waals surface area contributed by atoms with Gasteiger partial charge in [-0.1, -0.05) is 25.1 Å². The molecule has 0 spiro atoms. The van der Waals surface area contributed by atoms with Crippen molar-refractivity contribution in [1.82, 2.24) is 0 Å². The van der Waals surface area contributed by atoms with Crippen LogP contribution in [0.5, 0.6) is 0 Å². The van der Waals surface area contributed by atoms with E-state index >= 15 is 0 Å². The van der Waals surface area contributed by atoms with E-state index < -0.39 is 0 Å². The molecule has 1 aromatic rings. The Morgan fingerprint density at radius 2 is 2.09 bits per heavy atom. The Balaban J connectivity index is 2.93. The van der Waals surface area contributed by atoms with Crippen LogP contribution in [0.25, 0.3) is 0 Å². The lowest BCUT2D eigenvalue weighted by Gasteiger charge is -2.10. The molecule has 0 radical (unpaired) electrons. The molecule has 0 bridgehead atoms. The van der Waals surface area contributed by atoms with Gasteiger partial charge in [0.1, 0.15) is 0 Å². The molecule has 1 rings (SSSR count). The van der Waals surface area contributed by atoms with E-state index in [1.807, 2.05) is 24.3 Å². The Hall–Kier alpha value is -0.470. The Morgan fingerprint density at radius 1 is 1.45 bits per heavy atom. The molecule has 0 saturated heterocycles. The molecule has 0 heterocycles. The maximum absolute atomic E-state index is 5.85. The first-order valence-corrected chi connectivity index (χ1v) is 4.24. The molecule has 1 atom stereocenters. The Kier molecular flexibility index (Phi) is 2.97. The van der Waals surface area contributed by atoms with Crippen LogP contribution in [-0.2, 0) is 0 Å². The van der Waals surface area contributed by atoms with Gasteiger partial charge < -0.3 is 5.73 Å². The van der Waals surface area contributed by atoms with Gasteiger partial charge in [0, 0.05) is 10.9 Å². The van der Waals surface area contributed by atoms with Crippen molar-refractivity contribution >= 4 is 12.6 Å². The van der Waals surface area contributed by atoms with Gasteiger partial charge in [-0.15, -0.1) is 12.6 Å². The van der Waals surface area contributed by atoms with Crippen molar-refractivity contribution in [3.63, 3.8) is 0 Å². The number of benzene rings is 1. The summed E-state index contributed by atoms with van der Waals surface area (Å²) < 4.78 is 0. The smallest absolute Gasteiger partial charge is 0.0303 e. The molecule has 0 unspecified atom stereocenters. The highest BCUT2D eigenvalue weighted by molar-refractivity contribution is 7.80. The zero-order valence-corrected chi connectivity index (χ0v) is 7.51. The van der Waals surface area contributed by atoms with E-state index in [-0.39, 0.29) is 6.04 Å². The third-order valence-electron chi connectivity index (χ3n) is 1.78. The number of nitrogens with two attached hydrogens (primary N) is 1. The highest BCUT2D eigenvalue weighted by atomic mass is 32.1. The molecule has 1 aromatic carbocycles. The van der Waals surface area contributed by atoms with Crippen LogP contribution >= 0.6 is 12.6 Å². The van der Waals surface area contributed by atoms with E-state index in [1.165, 1.54) is 0 Å². The van der Waals surface area contributed by atoms with Crippen molar-refractivity contribution < 1.29 is 0 Å². The molecule has 0 aliphatic rings. The summed E-state index contributed by atoms with van der Waals surface area (Å²) in [5.74, 6) is 0. The van der Waals surface area contributed by atoms with Crippen LogP contribution in [0.4, 0.5) is 0 Å². The number of thiol groups is 1. The molecule has 11 heavy (non-hydrogen) atoms. The van der Waals surface area contributed by atoms with Gasteiger partial charge in [-0.25, -0.2) is 0 Å². The molecule has 0 aliphatic carbocycles. The van der Waals surface area contributed by atoms with Crippen LogP contribution in [0.1, 0.15) is 24.9 Å². The standard InChI is InChI=1S/C9H13NS/c1-2-8(10)7-5-3-4-6-9(7)11/h3-6,8,11H,2,10H2,1H3/t8-/m0/s1. The molecule has 0 aromatic heterocycles. The molecule has 1 nitrogen and oxygen atoms in total. The average Bonchev–Trinajstić information content (AvgIpc) is 2.04. The zero-order chi connectivity index (χ0) is 8.27. The Bertz CT molecular complexity index is 235. The van der Waals surface area contributed by atoms with Crippen LogP contribution in [0.2, 0.25) is 0 Å². The second-order valence-corrected chi connectivity index (χ2v) is 3.06. The third-order valence-corrected chi connectivity index (χ3v) is 2.18. The van der Waals surface area contributed by atoms with E-state index in [2.05, 4.69) is 19.6 Å². The highest BCUT2D eigenvalue weighted by Gasteiger charge is 2.04. The van der Waals surface area contributed by atoms with E-state index in [4.69, 9.17) is 5.73 Å². The van der Waals surface area contributed by atoms with Crippen LogP contribution < -0.4 is 5.73 Å². The molecule has 0 saturated carbocycles. The third kappa shape index (κ3) is 1.98. The largest absolute Gasteiger partial charge is 0.324 e. The van der Waals surface area contributed by atoms with Crippen molar-refractivity contribution in [1.29, 1.82) is 0 Å². The average molecular weight is 167 g/mol. The van der Waals surface area contributed by atoms with Crippen molar-refractivity contribution in [2.45, 2.75) is 24.3 Å². The van der Waals surface area contributed by atoms with Crippen LogP contribution in [0.3, 0.4) is 0 Å². The minimum Gasteiger partial charge on any atom is -0.324 e. The van der Waals surface area contributed by atoms with Crippen LogP contribution in [0, 0.1) is 0 Å². The normalized spacial score (nSPS) is 13.0. The van der Waals surface area contributed by atoms with Gasteiger partial charge in [-0.3, -0.25) is 0 Å². The topological polar surface area (TPSA) is 26.0 Å². The molecular formula is C9H13NS. The molecular weight excluding hydrogens is 154 g/mol. The molecule has 2 heteroatoms. The fourth-order valence-electron chi connectivity index (χ4n) is 1.02. The van der Waals surface area contributed by atoms with Crippen molar-refractivity contribution in [2.24, 2.45) is 5.73 Å². The summed E-state index contributed by atoms with van der Waals surface area (Å²) in [6, 6.07) is 8.08. The molecule has 0 aliphatic heterocycles. The van der Waals surface area contributed by atoms with E-state index in [1.54, 1.807) is 0 Å². The lowest BCUT2D eigenvalue weighted by atomic mass is 10.1. The van der Waals surface area contributed by atoms with Crippen LogP contribution in [0.15, 0.2) is 29.2 Å². The summed E-state index contributed by atoms with van der Waals surface area (Å²) in [4.78, 5) is 0.988. The molecule has 2 N–H and O–H groups in total. The number of hydrogen-bond acceptors (Lipinski definition) is 2. The summed E-state index contributed by atoms with van der Waals surface area (Å²) in [5, 5.41) is 0. The fraction of sp³-hybridized carbons (Fsp3) is 0.333. The molecule has 0 fully saturated rings. The second kappa shape index (κ2) is 3.79. The number of rotatable bonds is 2. The van der Waals surface area contributed by atoms with Crippen molar-refractivity contribution in [2.75, 3.05) is 0 Å². The first-order valence-electron chi connectivity index (χ1n) is 3.79. The maximum Gasteiger partial charge on any atom is 0.0303 e. The predicted molar refractivity (Wildman–Crippen MR) is 50.9 cm³/mol. The SMILES string of the molecule is CC[C@H](N)c1ccccc1S. The summed E-state index contributed by atoms with van der Waals surface area (Å²) in [6.07, 6.45) is 0.956. The number of hydrogen-bond donors (Lipinski definition) is 2. The van der Waals surface area contributed by atoms with Gasteiger partial charge >= 0.3 is 0 Å². The molecule has 60 valence electrons. The fourth-order valence-corrected chi connectivity index (χ4v) is 1.35. The summed E-state index contributed by atoms with van der Waals surface area (Å²) >= 11 is 4.31. The van der Waals surface area contributed by atoms with Crippen molar-refractivity contribution in [3.05, 3.63) is 29.8 Å². The quantitative estimate of drug-likeness (QED) is 0.650. The maximum atomic E-state index is 5.85. The molecule has 0 amide bonds. The van der Waals surface area contributed by atoms with Gasteiger partial charge in [0.2, 0.25) is 0 Å². The van der Waals surface area contributed by atoms with Gasteiger partial charge in [0.25, 0.3) is 0 Å². The van der Waals surface area contributed by atoms with Gasteiger partial charge in [0.05, 0.1) is 0 Å². The van der Waals surface area contributed by atoms with Gasteiger partial charge in [-0.05, 0) is 18.1 Å². The minimum atomic E-state index is 0.128. The van der Waals surface area contributed by atoms with E-state index in [0.717, 1.165) is 16.9 Å².